The van der Waals surface area contributed by atoms with E-state index in [2.05, 4.69) is 31.0 Å². The number of hydrogen-bond acceptors (Lipinski definition) is 4. The van der Waals surface area contributed by atoms with Crippen LogP contribution < -0.4 is 10.1 Å². The molecule has 1 aromatic carbocycles. The van der Waals surface area contributed by atoms with Gasteiger partial charge in [0.05, 0.1) is 13.1 Å². The van der Waals surface area contributed by atoms with Gasteiger partial charge in [-0.1, -0.05) is 18.2 Å². The largest absolute Gasteiger partial charge is 0.487 e. The number of carbonyl (C=O) groups is 2. The minimum atomic E-state index is -0.250. The summed E-state index contributed by atoms with van der Waals surface area (Å²) < 4.78 is 5.83. The molecule has 144 valence electrons. The molecule has 7 nitrogen and oxygen atoms in total. The molecule has 2 saturated heterocycles. The van der Waals surface area contributed by atoms with Crippen molar-refractivity contribution in [3.8, 4) is 5.75 Å². The van der Waals surface area contributed by atoms with Gasteiger partial charge in [-0.15, -0.1) is 0 Å². The van der Waals surface area contributed by atoms with Gasteiger partial charge in [0.2, 0.25) is 0 Å². The second-order valence-corrected chi connectivity index (χ2v) is 7.62. The van der Waals surface area contributed by atoms with Crippen LogP contribution in [0.2, 0.25) is 0 Å². The molecule has 0 radical (unpaired) electrons. The van der Waals surface area contributed by atoms with E-state index in [4.69, 9.17) is 14.6 Å². The summed E-state index contributed by atoms with van der Waals surface area (Å²) in [6.45, 7) is 9.72. The van der Waals surface area contributed by atoms with Crippen molar-refractivity contribution >= 4 is 12.5 Å². The Morgan fingerprint density at radius 3 is 2.38 bits per heavy atom. The highest BCUT2D eigenvalue weighted by Crippen LogP contribution is 2.21. The number of likely N-dealkylation sites (tertiary alicyclic amines) is 2. The van der Waals surface area contributed by atoms with E-state index in [9.17, 15) is 4.79 Å². The van der Waals surface area contributed by atoms with Crippen molar-refractivity contribution < 1.29 is 19.4 Å². The van der Waals surface area contributed by atoms with E-state index in [1.807, 2.05) is 35.2 Å². The van der Waals surface area contributed by atoms with Gasteiger partial charge in [-0.25, -0.2) is 4.79 Å². The SMILES string of the molecule is CC(C)(C)N1CCC(NC(=O)N2CC(Oc3ccccc3)C2)C1.O=CO. The Hall–Kier alpha value is -2.28. The van der Waals surface area contributed by atoms with Crippen molar-refractivity contribution in [2.75, 3.05) is 26.2 Å². The van der Waals surface area contributed by atoms with Crippen molar-refractivity contribution in [1.82, 2.24) is 15.1 Å². The second-order valence-electron chi connectivity index (χ2n) is 7.62. The highest BCUT2D eigenvalue weighted by molar-refractivity contribution is 5.75. The van der Waals surface area contributed by atoms with E-state index in [1.165, 1.54) is 0 Å². The van der Waals surface area contributed by atoms with Crippen LogP contribution in [0.4, 0.5) is 4.79 Å². The van der Waals surface area contributed by atoms with Gasteiger partial charge in [-0.05, 0) is 39.3 Å². The molecule has 0 saturated carbocycles. The van der Waals surface area contributed by atoms with Crippen LogP contribution in [0.5, 0.6) is 5.75 Å². The zero-order chi connectivity index (χ0) is 19.2. The Morgan fingerprint density at radius 1 is 1.23 bits per heavy atom. The van der Waals surface area contributed by atoms with Crippen molar-refractivity contribution in [3.05, 3.63) is 30.3 Å². The molecule has 2 aliphatic rings. The monoisotopic (exact) mass is 363 g/mol. The summed E-state index contributed by atoms with van der Waals surface area (Å²) in [5.41, 5.74) is 0.171. The van der Waals surface area contributed by atoms with Gasteiger partial charge in [-0.3, -0.25) is 9.69 Å². The highest BCUT2D eigenvalue weighted by Gasteiger charge is 2.35. The summed E-state index contributed by atoms with van der Waals surface area (Å²) in [4.78, 5) is 24.9. The molecular formula is C19H29N3O4. The number of amides is 2. The van der Waals surface area contributed by atoms with Gasteiger partial charge in [0.15, 0.2) is 0 Å². The zero-order valence-corrected chi connectivity index (χ0v) is 15.7. The average molecular weight is 363 g/mol. The molecule has 0 bridgehead atoms. The van der Waals surface area contributed by atoms with Gasteiger partial charge in [-0.2, -0.15) is 0 Å². The van der Waals surface area contributed by atoms with Crippen LogP contribution in [-0.4, -0.2) is 71.3 Å². The quantitative estimate of drug-likeness (QED) is 0.803. The zero-order valence-electron chi connectivity index (χ0n) is 15.7. The molecule has 0 spiro atoms. The fourth-order valence-electron chi connectivity index (χ4n) is 3.12. The number of urea groups is 1. The minimum absolute atomic E-state index is 0.0404. The predicted octanol–water partition coefficient (Wildman–Crippen LogP) is 2.03. The summed E-state index contributed by atoms with van der Waals surface area (Å²) >= 11 is 0. The molecular weight excluding hydrogens is 334 g/mol. The summed E-state index contributed by atoms with van der Waals surface area (Å²) in [7, 11) is 0. The van der Waals surface area contributed by atoms with E-state index >= 15 is 0 Å². The molecule has 1 aromatic rings. The fourth-order valence-corrected chi connectivity index (χ4v) is 3.12. The molecule has 0 aliphatic carbocycles. The number of nitrogens with zero attached hydrogens (tertiary/aromatic N) is 2. The van der Waals surface area contributed by atoms with Gasteiger partial charge >= 0.3 is 6.03 Å². The molecule has 2 heterocycles. The van der Waals surface area contributed by atoms with Crippen LogP contribution in [0.15, 0.2) is 30.3 Å². The van der Waals surface area contributed by atoms with E-state index in [-0.39, 0.29) is 30.2 Å². The molecule has 1 unspecified atom stereocenters. The Balaban J connectivity index is 0.000000758. The Morgan fingerprint density at radius 2 is 1.85 bits per heavy atom. The van der Waals surface area contributed by atoms with Crippen LogP contribution in [0.25, 0.3) is 0 Å². The van der Waals surface area contributed by atoms with E-state index in [0.29, 0.717) is 13.1 Å². The first-order valence-corrected chi connectivity index (χ1v) is 8.93. The van der Waals surface area contributed by atoms with Gasteiger partial charge in [0.1, 0.15) is 11.9 Å². The summed E-state index contributed by atoms with van der Waals surface area (Å²) in [5.74, 6) is 0.870. The molecule has 26 heavy (non-hydrogen) atoms. The average Bonchev–Trinajstić information content (AvgIpc) is 3.01. The molecule has 2 amide bonds. The van der Waals surface area contributed by atoms with Crippen LogP contribution in [-0.2, 0) is 4.79 Å². The number of benzene rings is 1. The number of para-hydroxylation sites is 1. The van der Waals surface area contributed by atoms with E-state index < -0.39 is 0 Å². The van der Waals surface area contributed by atoms with Crippen LogP contribution in [0, 0.1) is 0 Å². The maximum Gasteiger partial charge on any atom is 0.317 e. The molecule has 2 aliphatic heterocycles. The van der Waals surface area contributed by atoms with Crippen LogP contribution in [0.3, 0.4) is 0 Å². The molecule has 2 fully saturated rings. The number of rotatable bonds is 3. The number of hydrogen-bond donors (Lipinski definition) is 2. The molecule has 0 aromatic heterocycles. The third-order valence-electron chi connectivity index (χ3n) is 4.65. The maximum absolute atomic E-state index is 12.3. The highest BCUT2D eigenvalue weighted by atomic mass is 16.5. The van der Waals surface area contributed by atoms with E-state index in [1.54, 1.807) is 0 Å². The maximum atomic E-state index is 12.3. The first-order valence-electron chi connectivity index (χ1n) is 8.93. The third kappa shape index (κ3) is 5.62. The summed E-state index contributed by atoms with van der Waals surface area (Å²) in [6, 6.07) is 10.1. The standard InChI is InChI=1S/C18H27N3O2.CH2O2/c1-18(2,3)21-10-9-14(11-21)19-17(22)20-12-16(13-20)23-15-7-5-4-6-8-15;2-1-3/h4-8,14,16H,9-13H2,1-3H3,(H,19,22);1H,(H,2,3). The number of nitrogens with one attached hydrogen (secondary N) is 1. The lowest BCUT2D eigenvalue weighted by Crippen LogP contribution is -2.60. The Kier molecular flexibility index (Phi) is 6.85. The van der Waals surface area contributed by atoms with E-state index in [0.717, 1.165) is 25.3 Å². The van der Waals surface area contributed by atoms with Crippen molar-refractivity contribution in [2.45, 2.75) is 44.9 Å². The summed E-state index contributed by atoms with van der Waals surface area (Å²) in [5, 5.41) is 10.0. The fraction of sp³-hybridized carbons (Fsp3) is 0.579. The topological polar surface area (TPSA) is 82.1 Å². The number of ether oxygens (including phenoxy) is 1. The Bertz CT molecular complexity index is 582. The molecule has 7 heteroatoms. The van der Waals surface area contributed by atoms with Crippen LogP contribution in [0.1, 0.15) is 27.2 Å². The van der Waals surface area contributed by atoms with Gasteiger partial charge < -0.3 is 20.1 Å². The van der Waals surface area contributed by atoms with Gasteiger partial charge in [0.25, 0.3) is 6.47 Å². The van der Waals surface area contributed by atoms with Crippen molar-refractivity contribution in [2.24, 2.45) is 0 Å². The number of carboxylic acid groups (broad SMARTS) is 1. The lowest BCUT2D eigenvalue weighted by molar-refractivity contribution is -0.122. The first-order chi connectivity index (χ1) is 12.3. The molecule has 1 atom stereocenters. The first kappa shape index (κ1) is 20.0. The second kappa shape index (κ2) is 8.89. The summed E-state index contributed by atoms with van der Waals surface area (Å²) in [6.07, 6.45) is 1.14. The van der Waals surface area contributed by atoms with Gasteiger partial charge in [0, 0.05) is 24.7 Å². The van der Waals surface area contributed by atoms with Crippen molar-refractivity contribution in [3.63, 3.8) is 0 Å². The third-order valence-corrected chi connectivity index (χ3v) is 4.65. The van der Waals surface area contributed by atoms with Crippen molar-refractivity contribution in [1.29, 1.82) is 0 Å². The Labute approximate surface area is 154 Å². The molecule has 2 N–H and O–H groups in total. The lowest BCUT2D eigenvalue weighted by atomic mass is 10.1. The smallest absolute Gasteiger partial charge is 0.317 e. The van der Waals surface area contributed by atoms with Crippen LogP contribution >= 0.6 is 0 Å². The lowest BCUT2D eigenvalue weighted by Gasteiger charge is -2.39. The minimum Gasteiger partial charge on any atom is -0.487 e. The normalized spacial score (nSPS) is 20.6. The molecule has 3 rings (SSSR count). The number of carbonyl (C=O) groups excluding carboxylic acids is 1. The predicted molar refractivity (Wildman–Crippen MR) is 99.4 cm³/mol.